The van der Waals surface area contributed by atoms with E-state index >= 15 is 0 Å². The molecule has 2 aliphatic rings. The highest BCUT2D eigenvalue weighted by molar-refractivity contribution is 5.37. The Hall–Kier alpha value is -1.02. The average molecular weight is 287 g/mol. The minimum atomic E-state index is 0.556. The smallest absolute Gasteiger partial charge is 0.122 e. The number of hydrogen-bond acceptors (Lipinski definition) is 2. The van der Waals surface area contributed by atoms with Crippen molar-refractivity contribution in [3.05, 3.63) is 29.3 Å². The minimum Gasteiger partial charge on any atom is -0.492 e. The molecule has 3 rings (SSSR count). The molecule has 0 unspecified atom stereocenters. The van der Waals surface area contributed by atoms with Crippen LogP contribution in [0.25, 0.3) is 0 Å². The summed E-state index contributed by atoms with van der Waals surface area (Å²) in [5, 5.41) is 3.75. The summed E-state index contributed by atoms with van der Waals surface area (Å²) in [6.45, 7) is 8.34. The Labute approximate surface area is 129 Å². The summed E-state index contributed by atoms with van der Waals surface area (Å²) in [6, 6.07) is 7.37. The second kappa shape index (κ2) is 6.39. The molecule has 1 aromatic rings. The Morgan fingerprint density at radius 2 is 1.81 bits per heavy atom. The lowest BCUT2D eigenvalue weighted by Gasteiger charge is -2.18. The molecule has 116 valence electrons. The third kappa shape index (κ3) is 4.00. The molecular weight excluding hydrogens is 258 g/mol. The topological polar surface area (TPSA) is 21.3 Å². The van der Waals surface area contributed by atoms with E-state index in [0.29, 0.717) is 5.92 Å². The molecule has 0 spiro atoms. The summed E-state index contributed by atoms with van der Waals surface area (Å²) < 4.78 is 6.02. The molecule has 1 N–H and O–H groups in total. The van der Waals surface area contributed by atoms with Crippen molar-refractivity contribution in [2.45, 2.75) is 58.4 Å². The zero-order valence-corrected chi connectivity index (χ0v) is 13.7. The van der Waals surface area contributed by atoms with Crippen molar-refractivity contribution in [3.8, 4) is 5.75 Å². The number of rotatable bonds is 8. The molecular formula is C19H29NO. The van der Waals surface area contributed by atoms with Crippen LogP contribution in [0.4, 0.5) is 0 Å². The van der Waals surface area contributed by atoms with Crippen molar-refractivity contribution in [1.82, 2.24) is 5.32 Å². The van der Waals surface area contributed by atoms with Gasteiger partial charge in [-0.15, -0.1) is 0 Å². The van der Waals surface area contributed by atoms with Gasteiger partial charge in [-0.05, 0) is 67.6 Å². The van der Waals surface area contributed by atoms with Crippen LogP contribution in [-0.4, -0.2) is 19.2 Å². The molecule has 0 atom stereocenters. The fourth-order valence-electron chi connectivity index (χ4n) is 3.15. The van der Waals surface area contributed by atoms with Crippen molar-refractivity contribution in [2.75, 3.05) is 13.2 Å². The van der Waals surface area contributed by atoms with Gasteiger partial charge in [0.15, 0.2) is 0 Å². The molecule has 0 saturated heterocycles. The Balaban J connectivity index is 1.47. The molecule has 2 heteroatoms. The SMILES string of the molecule is Cc1ccc(C(C)C)cc1OCCNC(C1CC1)C1CC1. The number of ether oxygens (including phenoxy) is 1. The second-order valence-corrected chi connectivity index (χ2v) is 7.18. The largest absolute Gasteiger partial charge is 0.492 e. The van der Waals surface area contributed by atoms with Crippen LogP contribution in [0.2, 0.25) is 0 Å². The highest BCUT2D eigenvalue weighted by atomic mass is 16.5. The first-order chi connectivity index (χ1) is 10.1. The molecule has 0 aliphatic heterocycles. The number of nitrogens with one attached hydrogen (secondary N) is 1. The maximum Gasteiger partial charge on any atom is 0.122 e. The first kappa shape index (κ1) is 14.9. The minimum absolute atomic E-state index is 0.556. The van der Waals surface area contributed by atoms with Gasteiger partial charge in [0.05, 0.1) is 0 Å². The van der Waals surface area contributed by atoms with Gasteiger partial charge in [-0.25, -0.2) is 0 Å². The van der Waals surface area contributed by atoms with E-state index in [1.165, 1.54) is 36.8 Å². The predicted octanol–water partition coefficient (Wildman–Crippen LogP) is 4.28. The highest BCUT2D eigenvalue weighted by Gasteiger charge is 2.40. The van der Waals surface area contributed by atoms with Gasteiger partial charge in [-0.3, -0.25) is 0 Å². The van der Waals surface area contributed by atoms with Crippen LogP contribution in [0, 0.1) is 18.8 Å². The third-order valence-corrected chi connectivity index (χ3v) is 4.88. The number of aryl methyl sites for hydroxylation is 1. The van der Waals surface area contributed by atoms with Gasteiger partial charge in [0.25, 0.3) is 0 Å². The van der Waals surface area contributed by atoms with Crippen molar-refractivity contribution in [1.29, 1.82) is 0 Å². The van der Waals surface area contributed by atoms with Crippen LogP contribution >= 0.6 is 0 Å². The van der Waals surface area contributed by atoms with Gasteiger partial charge in [0.2, 0.25) is 0 Å². The zero-order valence-electron chi connectivity index (χ0n) is 13.7. The van der Waals surface area contributed by atoms with E-state index in [9.17, 15) is 0 Å². The van der Waals surface area contributed by atoms with E-state index in [2.05, 4.69) is 44.3 Å². The van der Waals surface area contributed by atoms with Crippen LogP contribution in [0.15, 0.2) is 18.2 Å². The lowest BCUT2D eigenvalue weighted by atomic mass is 10.0. The number of hydrogen-bond donors (Lipinski definition) is 1. The van der Waals surface area contributed by atoms with Crippen LogP contribution in [0.5, 0.6) is 5.75 Å². The molecule has 21 heavy (non-hydrogen) atoms. The maximum atomic E-state index is 6.02. The summed E-state index contributed by atoms with van der Waals surface area (Å²) in [6.07, 6.45) is 5.74. The molecule has 0 amide bonds. The van der Waals surface area contributed by atoms with Gasteiger partial charge in [-0.1, -0.05) is 26.0 Å². The Kier molecular flexibility index (Phi) is 4.54. The summed E-state index contributed by atoms with van der Waals surface area (Å²) in [5.41, 5.74) is 2.60. The Bertz CT molecular complexity index is 462. The molecule has 2 fully saturated rings. The van der Waals surface area contributed by atoms with Crippen molar-refractivity contribution < 1.29 is 4.74 Å². The van der Waals surface area contributed by atoms with Crippen LogP contribution < -0.4 is 10.1 Å². The van der Waals surface area contributed by atoms with E-state index in [-0.39, 0.29) is 0 Å². The fourth-order valence-corrected chi connectivity index (χ4v) is 3.15. The summed E-state index contributed by atoms with van der Waals surface area (Å²) in [4.78, 5) is 0. The lowest BCUT2D eigenvalue weighted by Crippen LogP contribution is -2.36. The normalized spacial score (nSPS) is 18.5. The predicted molar refractivity (Wildman–Crippen MR) is 88.0 cm³/mol. The van der Waals surface area contributed by atoms with Gasteiger partial charge in [0, 0.05) is 12.6 Å². The molecule has 0 bridgehead atoms. The van der Waals surface area contributed by atoms with Crippen molar-refractivity contribution in [2.24, 2.45) is 11.8 Å². The van der Waals surface area contributed by atoms with E-state index in [0.717, 1.165) is 36.8 Å². The van der Waals surface area contributed by atoms with E-state index in [1.54, 1.807) is 0 Å². The summed E-state index contributed by atoms with van der Waals surface area (Å²) >= 11 is 0. The quantitative estimate of drug-likeness (QED) is 0.721. The van der Waals surface area contributed by atoms with Crippen LogP contribution in [-0.2, 0) is 0 Å². The van der Waals surface area contributed by atoms with Gasteiger partial charge in [0.1, 0.15) is 12.4 Å². The Morgan fingerprint density at radius 3 is 2.38 bits per heavy atom. The molecule has 2 saturated carbocycles. The fraction of sp³-hybridized carbons (Fsp3) is 0.684. The van der Waals surface area contributed by atoms with Gasteiger partial charge in [-0.2, -0.15) is 0 Å². The Morgan fingerprint density at radius 1 is 1.14 bits per heavy atom. The molecule has 0 heterocycles. The van der Waals surface area contributed by atoms with Crippen LogP contribution in [0.1, 0.15) is 56.6 Å². The third-order valence-electron chi connectivity index (χ3n) is 4.88. The summed E-state index contributed by atoms with van der Waals surface area (Å²) in [5.74, 6) is 3.53. The zero-order chi connectivity index (χ0) is 14.8. The van der Waals surface area contributed by atoms with Gasteiger partial charge < -0.3 is 10.1 Å². The maximum absolute atomic E-state index is 6.02. The molecule has 1 aromatic carbocycles. The average Bonchev–Trinajstić information content (AvgIpc) is 3.34. The highest BCUT2D eigenvalue weighted by Crippen LogP contribution is 2.44. The lowest BCUT2D eigenvalue weighted by molar-refractivity contribution is 0.292. The monoisotopic (exact) mass is 287 g/mol. The van der Waals surface area contributed by atoms with E-state index in [1.807, 2.05) is 0 Å². The van der Waals surface area contributed by atoms with E-state index < -0.39 is 0 Å². The van der Waals surface area contributed by atoms with E-state index in [4.69, 9.17) is 4.74 Å². The first-order valence-corrected chi connectivity index (χ1v) is 8.62. The second-order valence-electron chi connectivity index (χ2n) is 7.18. The van der Waals surface area contributed by atoms with Crippen LogP contribution in [0.3, 0.4) is 0 Å². The standard InChI is InChI=1S/C19H29NO/c1-13(2)17-5-4-14(3)18(12-17)21-11-10-20-19(15-6-7-15)16-8-9-16/h4-5,12-13,15-16,19-20H,6-11H2,1-3H3. The number of benzene rings is 1. The summed E-state index contributed by atoms with van der Waals surface area (Å²) in [7, 11) is 0. The van der Waals surface area contributed by atoms with Gasteiger partial charge >= 0.3 is 0 Å². The van der Waals surface area contributed by atoms with Crippen molar-refractivity contribution >= 4 is 0 Å². The molecule has 0 radical (unpaired) electrons. The first-order valence-electron chi connectivity index (χ1n) is 8.62. The van der Waals surface area contributed by atoms with Crippen molar-refractivity contribution in [3.63, 3.8) is 0 Å². The molecule has 2 nitrogen and oxygen atoms in total. The molecule has 0 aromatic heterocycles. The molecule has 2 aliphatic carbocycles.